The zero-order valence-corrected chi connectivity index (χ0v) is 21.6. The summed E-state index contributed by atoms with van der Waals surface area (Å²) in [5, 5.41) is 8.40. The van der Waals surface area contributed by atoms with E-state index < -0.39 is 17.7 Å². The maximum Gasteiger partial charge on any atom is 0.239 e. The van der Waals surface area contributed by atoms with E-state index in [2.05, 4.69) is 10.6 Å². The molecule has 1 unspecified atom stereocenters. The number of hydrogen-bond acceptors (Lipinski definition) is 5. The first-order chi connectivity index (χ1) is 17.7. The number of rotatable bonds is 6. The molecule has 0 saturated heterocycles. The number of nitrogens with one attached hydrogen (secondary N) is 2. The molecular weight excluding hydrogens is 492 g/mol. The lowest BCUT2D eigenvalue weighted by atomic mass is 9.73. The van der Waals surface area contributed by atoms with Gasteiger partial charge in [-0.25, -0.2) is 8.78 Å². The third-order valence-corrected chi connectivity index (χ3v) is 7.73. The van der Waals surface area contributed by atoms with E-state index in [0.29, 0.717) is 42.6 Å². The number of ketones is 1. The number of fused-ring (bicyclic) bond motifs is 1. The molecule has 37 heavy (non-hydrogen) atoms. The second-order valence-corrected chi connectivity index (χ2v) is 11.4. The lowest BCUT2D eigenvalue weighted by Crippen LogP contribution is -2.42. The lowest BCUT2D eigenvalue weighted by molar-refractivity contribution is -0.120. The number of halogens is 2. The zero-order valence-electron chi connectivity index (χ0n) is 20.8. The number of allylic oxidation sites excluding steroid dienone is 1. The molecule has 8 heteroatoms. The van der Waals surface area contributed by atoms with Crippen LogP contribution in [0.15, 0.2) is 71.2 Å². The number of para-hydroxylation sites is 2. The standard InChI is InChI=1S/C29H29F2N3O2S/c1-29(2)15-23-27(25(35)16-29)28(18-12-19(30)14-20(31)13-18)34(24-8-4-3-7-22(24)33-23)17-26(36)32-10-9-21-6-5-11-37-21/h3-8,11-14,28,33H,9-10,15-17H2,1-2H3,(H,32,36). The van der Waals surface area contributed by atoms with Crippen molar-refractivity contribution in [2.75, 3.05) is 23.3 Å². The van der Waals surface area contributed by atoms with Gasteiger partial charge in [-0.3, -0.25) is 9.59 Å². The second kappa shape index (κ2) is 10.1. The number of carbonyl (C=O) groups is 2. The Morgan fingerprint density at radius 2 is 1.86 bits per heavy atom. The molecule has 5 rings (SSSR count). The molecule has 0 fully saturated rings. The molecule has 2 heterocycles. The number of Topliss-reactive ketones (excluding diaryl/α,β-unsaturated/α-hetero) is 1. The Morgan fingerprint density at radius 1 is 1.11 bits per heavy atom. The fourth-order valence-corrected chi connectivity index (χ4v) is 6.01. The maximum absolute atomic E-state index is 14.5. The first-order valence-corrected chi connectivity index (χ1v) is 13.2. The largest absolute Gasteiger partial charge is 0.357 e. The molecule has 0 saturated carbocycles. The Labute approximate surface area is 219 Å². The molecule has 1 aliphatic carbocycles. The molecule has 1 amide bonds. The summed E-state index contributed by atoms with van der Waals surface area (Å²) in [4.78, 5) is 29.8. The van der Waals surface area contributed by atoms with Crippen molar-refractivity contribution in [2.24, 2.45) is 5.41 Å². The van der Waals surface area contributed by atoms with Crippen LogP contribution in [-0.2, 0) is 16.0 Å². The molecule has 0 bridgehead atoms. The van der Waals surface area contributed by atoms with Crippen LogP contribution in [0.4, 0.5) is 20.2 Å². The van der Waals surface area contributed by atoms with Crippen molar-refractivity contribution >= 4 is 34.4 Å². The molecule has 2 aliphatic rings. The average Bonchev–Trinajstić information content (AvgIpc) is 3.28. The van der Waals surface area contributed by atoms with E-state index in [1.165, 1.54) is 17.0 Å². The Morgan fingerprint density at radius 3 is 2.59 bits per heavy atom. The van der Waals surface area contributed by atoms with Gasteiger partial charge in [0.1, 0.15) is 11.6 Å². The number of amides is 1. The van der Waals surface area contributed by atoms with E-state index in [0.717, 1.165) is 17.5 Å². The van der Waals surface area contributed by atoms with Gasteiger partial charge < -0.3 is 15.5 Å². The van der Waals surface area contributed by atoms with Gasteiger partial charge in [-0.2, -0.15) is 0 Å². The summed E-state index contributed by atoms with van der Waals surface area (Å²) in [6, 6.07) is 14.0. The third kappa shape index (κ3) is 5.44. The highest BCUT2D eigenvalue weighted by atomic mass is 32.1. The molecule has 2 aromatic carbocycles. The molecule has 0 radical (unpaired) electrons. The Bertz CT molecular complexity index is 1350. The molecule has 192 valence electrons. The van der Waals surface area contributed by atoms with Gasteiger partial charge in [0.25, 0.3) is 0 Å². The number of carbonyl (C=O) groups excluding carboxylic acids is 2. The van der Waals surface area contributed by atoms with Gasteiger partial charge >= 0.3 is 0 Å². The number of benzene rings is 2. The Kier molecular flexibility index (Phi) is 6.86. The van der Waals surface area contributed by atoms with Gasteiger partial charge in [0.15, 0.2) is 5.78 Å². The fraction of sp³-hybridized carbons (Fsp3) is 0.310. The summed E-state index contributed by atoms with van der Waals surface area (Å²) >= 11 is 1.63. The summed E-state index contributed by atoms with van der Waals surface area (Å²) in [6.45, 7) is 4.44. The summed E-state index contributed by atoms with van der Waals surface area (Å²) in [7, 11) is 0. The minimum atomic E-state index is -0.831. The van der Waals surface area contributed by atoms with Crippen molar-refractivity contribution in [1.82, 2.24) is 5.32 Å². The van der Waals surface area contributed by atoms with E-state index in [1.807, 2.05) is 55.6 Å². The van der Waals surface area contributed by atoms with E-state index in [1.54, 1.807) is 16.2 Å². The third-order valence-electron chi connectivity index (χ3n) is 6.79. The number of anilines is 2. The number of nitrogens with zero attached hydrogens (tertiary/aromatic N) is 1. The molecule has 0 spiro atoms. The lowest BCUT2D eigenvalue weighted by Gasteiger charge is -2.37. The highest BCUT2D eigenvalue weighted by molar-refractivity contribution is 7.09. The Balaban J connectivity index is 1.57. The van der Waals surface area contributed by atoms with Gasteiger partial charge in [0.2, 0.25) is 5.91 Å². The van der Waals surface area contributed by atoms with Crippen LogP contribution < -0.4 is 15.5 Å². The predicted molar refractivity (Wildman–Crippen MR) is 143 cm³/mol. The van der Waals surface area contributed by atoms with Crippen LogP contribution in [0, 0.1) is 17.0 Å². The number of thiophene rings is 1. The second-order valence-electron chi connectivity index (χ2n) is 10.4. The van der Waals surface area contributed by atoms with Crippen molar-refractivity contribution in [3.8, 4) is 0 Å². The van der Waals surface area contributed by atoms with Gasteiger partial charge in [-0.05, 0) is 59.5 Å². The first-order valence-electron chi connectivity index (χ1n) is 12.3. The van der Waals surface area contributed by atoms with Crippen LogP contribution >= 0.6 is 11.3 Å². The maximum atomic E-state index is 14.5. The SMILES string of the molecule is CC1(C)CC(=O)C2=C(C1)Nc1ccccc1N(CC(=O)NCCc1cccs1)C2c1cc(F)cc(F)c1. The summed E-state index contributed by atoms with van der Waals surface area (Å²) < 4.78 is 28.9. The normalized spacial score (nSPS) is 18.5. The highest BCUT2D eigenvalue weighted by Crippen LogP contribution is 2.48. The highest BCUT2D eigenvalue weighted by Gasteiger charge is 2.42. The van der Waals surface area contributed by atoms with Crippen molar-refractivity contribution < 1.29 is 18.4 Å². The monoisotopic (exact) mass is 521 g/mol. The van der Waals surface area contributed by atoms with Crippen molar-refractivity contribution in [3.63, 3.8) is 0 Å². The smallest absolute Gasteiger partial charge is 0.239 e. The van der Waals surface area contributed by atoms with Gasteiger partial charge in [-0.15, -0.1) is 11.3 Å². The van der Waals surface area contributed by atoms with E-state index in [4.69, 9.17) is 0 Å². The predicted octanol–water partition coefficient (Wildman–Crippen LogP) is 6.00. The fourth-order valence-electron chi connectivity index (χ4n) is 5.30. The topological polar surface area (TPSA) is 61.4 Å². The molecule has 1 aliphatic heterocycles. The zero-order chi connectivity index (χ0) is 26.2. The van der Waals surface area contributed by atoms with Crippen LogP contribution in [-0.4, -0.2) is 24.8 Å². The van der Waals surface area contributed by atoms with Gasteiger partial charge in [0, 0.05) is 35.2 Å². The van der Waals surface area contributed by atoms with E-state index >= 15 is 0 Å². The van der Waals surface area contributed by atoms with E-state index in [9.17, 15) is 18.4 Å². The van der Waals surface area contributed by atoms with Crippen molar-refractivity contribution in [3.05, 3.63) is 93.3 Å². The molecular formula is C29H29F2N3O2S. The molecule has 1 atom stereocenters. The number of hydrogen-bond donors (Lipinski definition) is 2. The minimum absolute atomic E-state index is 0.0839. The Hall–Kier alpha value is -3.52. The average molecular weight is 522 g/mol. The minimum Gasteiger partial charge on any atom is -0.357 e. The van der Waals surface area contributed by atoms with Crippen molar-refractivity contribution in [1.29, 1.82) is 0 Å². The van der Waals surface area contributed by atoms with Crippen LogP contribution in [0.1, 0.15) is 43.2 Å². The molecule has 1 aromatic heterocycles. The first kappa shape index (κ1) is 25.1. The van der Waals surface area contributed by atoms with Crippen molar-refractivity contribution in [2.45, 2.75) is 39.2 Å². The quantitative estimate of drug-likeness (QED) is 0.418. The molecule has 3 aromatic rings. The van der Waals surface area contributed by atoms with Crippen LogP contribution in [0.3, 0.4) is 0 Å². The van der Waals surface area contributed by atoms with E-state index in [-0.39, 0.29) is 23.7 Å². The van der Waals surface area contributed by atoms with Crippen LogP contribution in [0.25, 0.3) is 0 Å². The summed E-state index contributed by atoms with van der Waals surface area (Å²) in [5.74, 6) is -1.79. The summed E-state index contributed by atoms with van der Waals surface area (Å²) in [6.07, 6.45) is 1.61. The van der Waals surface area contributed by atoms with Gasteiger partial charge in [0.05, 0.1) is 24.0 Å². The summed E-state index contributed by atoms with van der Waals surface area (Å²) in [5.41, 5.74) is 2.62. The van der Waals surface area contributed by atoms with Crippen LogP contribution in [0.5, 0.6) is 0 Å². The molecule has 5 nitrogen and oxygen atoms in total. The van der Waals surface area contributed by atoms with Gasteiger partial charge in [-0.1, -0.05) is 32.0 Å². The molecule has 2 N–H and O–H groups in total. The van der Waals surface area contributed by atoms with Crippen LogP contribution in [0.2, 0.25) is 0 Å².